The van der Waals surface area contributed by atoms with Crippen LogP contribution in [-0.2, 0) is 6.42 Å². The van der Waals surface area contributed by atoms with Crippen LogP contribution < -0.4 is 11.5 Å². The minimum Gasteiger partial charge on any atom is -0.399 e. The van der Waals surface area contributed by atoms with Crippen molar-refractivity contribution >= 4 is 11.4 Å². The molecular weight excluding hydrogens is 280 g/mol. The summed E-state index contributed by atoms with van der Waals surface area (Å²) < 4.78 is 0. The molecule has 4 N–H and O–H groups in total. The number of aryl methyl sites for hydroxylation is 1. The normalized spacial score (nSPS) is 12.0. The number of anilines is 2. The third-order valence-corrected chi connectivity index (χ3v) is 4.24. The van der Waals surface area contributed by atoms with Crippen molar-refractivity contribution in [2.45, 2.75) is 18.8 Å². The number of benzene rings is 3. The van der Waals surface area contributed by atoms with E-state index in [9.17, 15) is 0 Å². The first kappa shape index (κ1) is 15.2. The number of hydrogen-bond acceptors (Lipinski definition) is 2. The Labute approximate surface area is 137 Å². The fourth-order valence-electron chi connectivity index (χ4n) is 2.93. The van der Waals surface area contributed by atoms with E-state index in [0.717, 1.165) is 24.2 Å². The second-order valence-corrected chi connectivity index (χ2v) is 5.91. The summed E-state index contributed by atoms with van der Waals surface area (Å²) in [5, 5.41) is 0. The fourth-order valence-corrected chi connectivity index (χ4v) is 2.93. The molecule has 0 radical (unpaired) electrons. The SMILES string of the molecule is Nc1ccc(CCC(c2ccccc2)c2ccc(N)cc2)cc1. The molecule has 0 saturated heterocycles. The van der Waals surface area contributed by atoms with Gasteiger partial charge in [-0.05, 0) is 53.8 Å². The van der Waals surface area contributed by atoms with E-state index in [-0.39, 0.29) is 0 Å². The summed E-state index contributed by atoms with van der Waals surface area (Å²) in [7, 11) is 0. The number of nitrogens with two attached hydrogens (primary N) is 2. The molecular formula is C21H22N2. The molecule has 0 aliphatic heterocycles. The minimum absolute atomic E-state index is 0.370. The molecule has 23 heavy (non-hydrogen) atoms. The fraction of sp³-hybridized carbons (Fsp3) is 0.143. The first-order valence-electron chi connectivity index (χ1n) is 7.97. The Bertz CT molecular complexity index is 731. The van der Waals surface area contributed by atoms with Gasteiger partial charge < -0.3 is 11.5 Å². The Morgan fingerprint density at radius 3 is 1.74 bits per heavy atom. The third-order valence-electron chi connectivity index (χ3n) is 4.24. The van der Waals surface area contributed by atoms with Crippen LogP contribution in [0.5, 0.6) is 0 Å². The van der Waals surface area contributed by atoms with Gasteiger partial charge in [0.25, 0.3) is 0 Å². The van der Waals surface area contributed by atoms with Crippen molar-refractivity contribution in [2.24, 2.45) is 0 Å². The highest BCUT2D eigenvalue weighted by molar-refractivity contribution is 5.43. The molecule has 0 saturated carbocycles. The molecule has 1 atom stereocenters. The van der Waals surface area contributed by atoms with Gasteiger partial charge in [0.2, 0.25) is 0 Å². The van der Waals surface area contributed by atoms with Gasteiger partial charge in [0.1, 0.15) is 0 Å². The lowest BCUT2D eigenvalue weighted by Crippen LogP contribution is -2.03. The average Bonchev–Trinajstić information content (AvgIpc) is 2.59. The summed E-state index contributed by atoms with van der Waals surface area (Å²) >= 11 is 0. The molecule has 0 spiro atoms. The Kier molecular flexibility index (Phi) is 4.62. The standard InChI is InChI=1S/C21H22N2/c22-19-11-6-16(7-12-19)8-15-21(17-4-2-1-3-5-17)18-9-13-20(23)14-10-18/h1-7,9-14,21H,8,15,22-23H2. The lowest BCUT2D eigenvalue weighted by atomic mass is 9.86. The van der Waals surface area contributed by atoms with E-state index >= 15 is 0 Å². The Hall–Kier alpha value is -2.74. The molecule has 0 heterocycles. The predicted molar refractivity (Wildman–Crippen MR) is 98.3 cm³/mol. The van der Waals surface area contributed by atoms with Gasteiger partial charge in [-0.1, -0.05) is 54.6 Å². The van der Waals surface area contributed by atoms with Crippen LogP contribution in [0.2, 0.25) is 0 Å². The van der Waals surface area contributed by atoms with Crippen LogP contribution in [-0.4, -0.2) is 0 Å². The van der Waals surface area contributed by atoms with E-state index in [0.29, 0.717) is 5.92 Å². The van der Waals surface area contributed by atoms with Gasteiger partial charge in [-0.3, -0.25) is 0 Å². The maximum Gasteiger partial charge on any atom is 0.0314 e. The quantitative estimate of drug-likeness (QED) is 0.676. The molecule has 0 aliphatic carbocycles. The summed E-state index contributed by atoms with van der Waals surface area (Å²) in [6.07, 6.45) is 2.07. The first-order chi connectivity index (χ1) is 11.2. The molecule has 3 aromatic rings. The van der Waals surface area contributed by atoms with Gasteiger partial charge in [0.15, 0.2) is 0 Å². The van der Waals surface area contributed by atoms with Crippen LogP contribution in [0.25, 0.3) is 0 Å². The molecule has 2 heteroatoms. The zero-order valence-electron chi connectivity index (χ0n) is 13.2. The lowest BCUT2D eigenvalue weighted by molar-refractivity contribution is 0.715. The van der Waals surface area contributed by atoms with E-state index in [1.54, 1.807) is 0 Å². The molecule has 0 bridgehead atoms. The monoisotopic (exact) mass is 302 g/mol. The molecule has 0 aromatic heterocycles. The van der Waals surface area contributed by atoms with Gasteiger partial charge in [0.05, 0.1) is 0 Å². The van der Waals surface area contributed by atoms with E-state index in [1.807, 2.05) is 24.3 Å². The van der Waals surface area contributed by atoms with Crippen LogP contribution in [0.4, 0.5) is 11.4 Å². The zero-order chi connectivity index (χ0) is 16.1. The Morgan fingerprint density at radius 2 is 1.13 bits per heavy atom. The average molecular weight is 302 g/mol. The van der Waals surface area contributed by atoms with Crippen LogP contribution >= 0.6 is 0 Å². The summed E-state index contributed by atoms with van der Waals surface area (Å²) in [5.41, 5.74) is 17.2. The van der Waals surface area contributed by atoms with Gasteiger partial charge >= 0.3 is 0 Å². The summed E-state index contributed by atoms with van der Waals surface area (Å²) in [4.78, 5) is 0. The summed E-state index contributed by atoms with van der Waals surface area (Å²) in [6, 6.07) is 27.0. The lowest BCUT2D eigenvalue weighted by Gasteiger charge is -2.18. The van der Waals surface area contributed by atoms with Crippen molar-refractivity contribution in [1.29, 1.82) is 0 Å². The van der Waals surface area contributed by atoms with E-state index in [1.165, 1.54) is 16.7 Å². The van der Waals surface area contributed by atoms with Crippen LogP contribution in [0.15, 0.2) is 78.9 Å². The maximum atomic E-state index is 5.83. The number of rotatable bonds is 5. The molecule has 1 unspecified atom stereocenters. The molecule has 3 aromatic carbocycles. The van der Waals surface area contributed by atoms with Crippen molar-refractivity contribution in [3.63, 3.8) is 0 Å². The second kappa shape index (κ2) is 7.01. The zero-order valence-corrected chi connectivity index (χ0v) is 13.2. The van der Waals surface area contributed by atoms with Gasteiger partial charge in [-0.2, -0.15) is 0 Å². The molecule has 0 amide bonds. The van der Waals surface area contributed by atoms with Gasteiger partial charge in [0, 0.05) is 17.3 Å². The van der Waals surface area contributed by atoms with Crippen LogP contribution in [0, 0.1) is 0 Å². The van der Waals surface area contributed by atoms with E-state index in [4.69, 9.17) is 11.5 Å². The molecule has 116 valence electrons. The second-order valence-electron chi connectivity index (χ2n) is 5.91. The van der Waals surface area contributed by atoms with Crippen molar-refractivity contribution in [1.82, 2.24) is 0 Å². The Morgan fingerprint density at radius 1 is 0.609 bits per heavy atom. The van der Waals surface area contributed by atoms with Crippen molar-refractivity contribution < 1.29 is 0 Å². The molecule has 0 aliphatic rings. The topological polar surface area (TPSA) is 52.0 Å². The van der Waals surface area contributed by atoms with Crippen molar-refractivity contribution in [3.8, 4) is 0 Å². The highest BCUT2D eigenvalue weighted by Crippen LogP contribution is 2.30. The van der Waals surface area contributed by atoms with Gasteiger partial charge in [-0.15, -0.1) is 0 Å². The van der Waals surface area contributed by atoms with Gasteiger partial charge in [-0.25, -0.2) is 0 Å². The van der Waals surface area contributed by atoms with Crippen LogP contribution in [0.3, 0.4) is 0 Å². The smallest absolute Gasteiger partial charge is 0.0314 e. The minimum atomic E-state index is 0.370. The maximum absolute atomic E-state index is 5.83. The predicted octanol–water partition coefficient (Wildman–Crippen LogP) is 4.62. The van der Waals surface area contributed by atoms with E-state index < -0.39 is 0 Å². The third kappa shape index (κ3) is 3.92. The van der Waals surface area contributed by atoms with Crippen molar-refractivity contribution in [2.75, 3.05) is 11.5 Å². The highest BCUT2D eigenvalue weighted by atomic mass is 14.5. The molecule has 0 fully saturated rings. The molecule has 2 nitrogen and oxygen atoms in total. The number of nitrogen functional groups attached to an aromatic ring is 2. The highest BCUT2D eigenvalue weighted by Gasteiger charge is 2.14. The first-order valence-corrected chi connectivity index (χ1v) is 7.97. The summed E-state index contributed by atoms with van der Waals surface area (Å²) in [6.45, 7) is 0. The largest absolute Gasteiger partial charge is 0.399 e. The van der Waals surface area contributed by atoms with Crippen molar-refractivity contribution in [3.05, 3.63) is 95.6 Å². The molecule has 3 rings (SSSR count). The summed E-state index contributed by atoms with van der Waals surface area (Å²) in [5.74, 6) is 0.370. The Balaban J connectivity index is 1.83. The van der Waals surface area contributed by atoms with Crippen LogP contribution in [0.1, 0.15) is 29.0 Å². The van der Waals surface area contributed by atoms with E-state index in [2.05, 4.69) is 54.6 Å². The number of hydrogen-bond donors (Lipinski definition) is 2.